The molecule has 0 unspecified atom stereocenters. The summed E-state index contributed by atoms with van der Waals surface area (Å²) in [6.45, 7) is 1.22. The van der Waals surface area contributed by atoms with Crippen molar-refractivity contribution in [3.05, 3.63) is 70.8 Å². The molecule has 0 saturated heterocycles. The first-order valence-corrected chi connectivity index (χ1v) is 8.13. The average molecular weight is 305 g/mol. The average Bonchev–Trinajstić information content (AvgIpc) is 2.72. The van der Waals surface area contributed by atoms with E-state index in [2.05, 4.69) is 65.3 Å². The first kappa shape index (κ1) is 15.8. The van der Waals surface area contributed by atoms with Gasteiger partial charge in [-0.15, -0.1) is 0 Å². The Morgan fingerprint density at radius 2 is 1.48 bits per heavy atom. The van der Waals surface area contributed by atoms with Crippen molar-refractivity contribution in [2.45, 2.75) is 18.9 Å². The highest BCUT2D eigenvalue weighted by Crippen LogP contribution is 2.34. The van der Waals surface area contributed by atoms with Crippen molar-refractivity contribution in [1.29, 1.82) is 0 Å². The number of benzene rings is 2. The lowest BCUT2D eigenvalue weighted by Crippen LogP contribution is -2.11. The molecular weight excluding hydrogens is 282 g/mol. The number of rotatable bonds is 3. The van der Waals surface area contributed by atoms with E-state index in [0.29, 0.717) is 6.61 Å². The Morgan fingerprint density at radius 3 is 2.04 bits per heavy atom. The second-order valence-corrected chi connectivity index (χ2v) is 6.18. The predicted molar refractivity (Wildman–Crippen MR) is 94.4 cm³/mol. The van der Waals surface area contributed by atoms with Crippen molar-refractivity contribution < 1.29 is 4.74 Å². The van der Waals surface area contributed by atoms with E-state index >= 15 is 0 Å². The van der Waals surface area contributed by atoms with Gasteiger partial charge in [0.05, 0.1) is 6.54 Å². The molecule has 2 aromatic carbocycles. The maximum atomic E-state index is 6.21. The van der Waals surface area contributed by atoms with E-state index in [1.165, 1.54) is 22.3 Å². The summed E-state index contributed by atoms with van der Waals surface area (Å²) in [6.07, 6.45) is 2.12. The summed E-state index contributed by atoms with van der Waals surface area (Å²) in [6, 6.07) is 17.2. The molecule has 0 radical (unpaired) electrons. The van der Waals surface area contributed by atoms with E-state index in [1.54, 1.807) is 0 Å². The molecule has 0 saturated carbocycles. The number of ether oxygens (including phenoxy) is 1. The van der Waals surface area contributed by atoms with Crippen LogP contribution < -0.4 is 0 Å². The van der Waals surface area contributed by atoms with Gasteiger partial charge in [-0.1, -0.05) is 60.4 Å². The van der Waals surface area contributed by atoms with Crippen LogP contribution in [0.2, 0.25) is 0 Å². The summed E-state index contributed by atoms with van der Waals surface area (Å²) >= 11 is 0. The number of nitrogens with zero attached hydrogens (tertiary/aromatic N) is 1. The van der Waals surface area contributed by atoms with Crippen molar-refractivity contribution >= 4 is 0 Å². The van der Waals surface area contributed by atoms with Gasteiger partial charge in [-0.25, -0.2) is 0 Å². The molecule has 0 aromatic heterocycles. The summed E-state index contributed by atoms with van der Waals surface area (Å²) in [5.41, 5.74) is 5.34. The van der Waals surface area contributed by atoms with Crippen LogP contribution in [0.15, 0.2) is 48.5 Å². The highest BCUT2D eigenvalue weighted by molar-refractivity contribution is 5.43. The fraction of sp³-hybridized carbons (Fsp3) is 0.333. The van der Waals surface area contributed by atoms with Crippen molar-refractivity contribution in [2.24, 2.45) is 0 Å². The van der Waals surface area contributed by atoms with E-state index in [4.69, 9.17) is 4.74 Å². The van der Waals surface area contributed by atoms with Crippen LogP contribution in [0.25, 0.3) is 0 Å². The summed E-state index contributed by atoms with van der Waals surface area (Å²) in [4.78, 5) is 2.06. The van der Waals surface area contributed by atoms with Gasteiger partial charge >= 0.3 is 0 Å². The van der Waals surface area contributed by atoms with Crippen molar-refractivity contribution in [3.63, 3.8) is 0 Å². The maximum Gasteiger partial charge on any atom is 0.109 e. The van der Waals surface area contributed by atoms with E-state index in [1.807, 2.05) is 14.1 Å². The minimum absolute atomic E-state index is 0.0152. The first-order chi connectivity index (χ1) is 11.3. The maximum absolute atomic E-state index is 6.21. The molecule has 2 heteroatoms. The molecule has 2 aromatic rings. The smallest absolute Gasteiger partial charge is 0.109 e. The van der Waals surface area contributed by atoms with Gasteiger partial charge in [0.25, 0.3) is 0 Å². The third kappa shape index (κ3) is 3.82. The van der Waals surface area contributed by atoms with Crippen LogP contribution in [0, 0.1) is 11.8 Å². The molecule has 0 N–H and O–H groups in total. The molecule has 0 amide bonds. The highest BCUT2D eigenvalue weighted by atomic mass is 16.5. The lowest BCUT2D eigenvalue weighted by atomic mass is 9.97. The molecule has 118 valence electrons. The number of hydrogen-bond acceptors (Lipinski definition) is 2. The molecule has 0 bridgehead atoms. The topological polar surface area (TPSA) is 12.5 Å². The van der Waals surface area contributed by atoms with E-state index in [0.717, 1.165) is 19.4 Å². The van der Waals surface area contributed by atoms with Gasteiger partial charge in [0.1, 0.15) is 12.7 Å². The molecule has 2 nitrogen and oxygen atoms in total. The Bertz CT molecular complexity index is 676. The number of aryl methyl sites for hydroxylation is 2. The number of hydrogen-bond donors (Lipinski definition) is 0. The third-order valence-corrected chi connectivity index (χ3v) is 4.18. The quantitative estimate of drug-likeness (QED) is 0.805. The van der Waals surface area contributed by atoms with Crippen LogP contribution in [-0.2, 0) is 17.6 Å². The molecule has 23 heavy (non-hydrogen) atoms. The van der Waals surface area contributed by atoms with Gasteiger partial charge in [-0.05, 0) is 49.2 Å². The van der Waals surface area contributed by atoms with Gasteiger partial charge in [0, 0.05) is 0 Å². The Labute approximate surface area is 139 Å². The summed E-state index contributed by atoms with van der Waals surface area (Å²) in [5, 5.41) is 0. The lowest BCUT2D eigenvalue weighted by Gasteiger charge is -2.19. The zero-order valence-corrected chi connectivity index (χ0v) is 13.9. The van der Waals surface area contributed by atoms with Crippen molar-refractivity contribution in [3.8, 4) is 11.8 Å². The zero-order chi connectivity index (χ0) is 16.1. The van der Waals surface area contributed by atoms with Crippen LogP contribution in [0.3, 0.4) is 0 Å². The molecule has 0 heterocycles. The molecular formula is C21H23NO. The zero-order valence-electron chi connectivity index (χ0n) is 13.9. The van der Waals surface area contributed by atoms with Crippen LogP contribution in [0.1, 0.15) is 28.4 Å². The predicted octanol–water partition coefficient (Wildman–Crippen LogP) is 3.46. The Balaban J connectivity index is 1.86. The molecule has 0 fully saturated rings. The van der Waals surface area contributed by atoms with Gasteiger partial charge in [0.15, 0.2) is 0 Å². The van der Waals surface area contributed by atoms with Crippen LogP contribution >= 0.6 is 0 Å². The summed E-state index contributed by atoms with van der Waals surface area (Å²) in [5.74, 6) is 6.27. The minimum atomic E-state index is -0.0152. The largest absolute Gasteiger partial charge is 0.356 e. The fourth-order valence-electron chi connectivity index (χ4n) is 3.04. The molecule has 0 atom stereocenters. The van der Waals surface area contributed by atoms with Crippen LogP contribution in [-0.4, -0.2) is 32.1 Å². The summed E-state index contributed by atoms with van der Waals surface area (Å²) < 4.78 is 6.21. The number of fused-ring (bicyclic) bond motifs is 2. The normalized spacial score (nSPS) is 13.7. The van der Waals surface area contributed by atoms with Crippen LogP contribution in [0.5, 0.6) is 0 Å². The molecule has 3 rings (SSSR count). The highest BCUT2D eigenvalue weighted by Gasteiger charge is 2.23. The minimum Gasteiger partial charge on any atom is -0.356 e. The molecule has 1 aliphatic rings. The third-order valence-electron chi connectivity index (χ3n) is 4.18. The second kappa shape index (κ2) is 7.46. The Morgan fingerprint density at radius 1 is 0.913 bits per heavy atom. The molecule has 0 spiro atoms. The second-order valence-electron chi connectivity index (χ2n) is 6.18. The molecule has 1 aliphatic carbocycles. The van der Waals surface area contributed by atoms with Crippen molar-refractivity contribution in [2.75, 3.05) is 27.2 Å². The Kier molecular flexibility index (Phi) is 5.12. The van der Waals surface area contributed by atoms with E-state index in [-0.39, 0.29) is 6.10 Å². The lowest BCUT2D eigenvalue weighted by molar-refractivity contribution is 0.108. The molecule has 0 aliphatic heterocycles. The Hall–Kier alpha value is -2.08. The summed E-state index contributed by atoms with van der Waals surface area (Å²) in [7, 11) is 4.04. The fourth-order valence-corrected chi connectivity index (χ4v) is 3.04. The van der Waals surface area contributed by atoms with Gasteiger partial charge in [-0.2, -0.15) is 0 Å². The van der Waals surface area contributed by atoms with Gasteiger partial charge < -0.3 is 4.74 Å². The van der Waals surface area contributed by atoms with Crippen molar-refractivity contribution in [1.82, 2.24) is 4.90 Å². The monoisotopic (exact) mass is 305 g/mol. The van der Waals surface area contributed by atoms with Gasteiger partial charge in [0.2, 0.25) is 0 Å². The standard InChI is InChI=1S/C21H23NO/c1-22(2)15-7-8-16-23-21-19-11-5-3-9-17(19)13-14-18-10-4-6-12-20(18)21/h3-6,9-12,21H,13-16H2,1-2H3. The first-order valence-electron chi connectivity index (χ1n) is 8.13. The van der Waals surface area contributed by atoms with Gasteiger partial charge in [-0.3, -0.25) is 4.90 Å². The van der Waals surface area contributed by atoms with E-state index < -0.39 is 0 Å². The SMILES string of the molecule is CN(C)CC#CCOC1c2ccccc2CCc2ccccc21. The van der Waals surface area contributed by atoms with E-state index in [9.17, 15) is 0 Å². The van der Waals surface area contributed by atoms with Crippen LogP contribution in [0.4, 0.5) is 0 Å².